The van der Waals surface area contributed by atoms with Crippen LogP contribution in [-0.4, -0.2) is 26.6 Å². The molecule has 2 aromatic heterocycles. The highest BCUT2D eigenvalue weighted by atomic mass is 35.5. The topological polar surface area (TPSA) is 132 Å². The first-order valence-corrected chi connectivity index (χ1v) is 14.1. The van der Waals surface area contributed by atoms with Crippen molar-refractivity contribution in [3.63, 3.8) is 0 Å². The van der Waals surface area contributed by atoms with Crippen LogP contribution in [0.2, 0.25) is 5.02 Å². The Morgan fingerprint density at radius 3 is 2.59 bits per heavy atom. The first-order chi connectivity index (χ1) is 20.9. The van der Waals surface area contributed by atoms with Crippen molar-refractivity contribution in [1.29, 1.82) is 0 Å². The quantitative estimate of drug-likeness (QED) is 0.187. The van der Waals surface area contributed by atoms with E-state index in [4.69, 9.17) is 23.2 Å². The number of benzene rings is 2. The third kappa shape index (κ3) is 6.61. The van der Waals surface area contributed by atoms with Gasteiger partial charge in [0.05, 0.1) is 29.4 Å². The molecule has 44 heavy (non-hydrogen) atoms. The third-order valence-corrected chi connectivity index (χ3v) is 7.71. The summed E-state index contributed by atoms with van der Waals surface area (Å²) in [7, 11) is 0. The lowest BCUT2D eigenvalue weighted by molar-refractivity contribution is -0.119. The average Bonchev–Trinajstić information content (AvgIpc) is 2.98. The summed E-state index contributed by atoms with van der Waals surface area (Å²) in [6, 6.07) is 16.3. The molecule has 13 heteroatoms. The minimum atomic E-state index is -4.79. The molecule has 228 valence electrons. The number of carbonyl (C=O) groups excluding carboxylic acids is 1. The zero-order valence-corrected chi connectivity index (χ0v) is 24.3. The summed E-state index contributed by atoms with van der Waals surface area (Å²) in [5.41, 5.74) is 6.75. The Bertz CT molecular complexity index is 1790. The van der Waals surface area contributed by atoms with E-state index in [9.17, 15) is 22.8 Å². The molecule has 0 radical (unpaired) electrons. The molecule has 2 bridgehead atoms. The van der Waals surface area contributed by atoms with Gasteiger partial charge < -0.3 is 11.1 Å². The Balaban J connectivity index is 1.57. The minimum absolute atomic E-state index is 0.0925. The molecule has 9 nitrogen and oxygen atoms in total. The molecule has 1 aliphatic heterocycles. The van der Waals surface area contributed by atoms with Crippen LogP contribution in [0, 0.1) is 5.92 Å². The van der Waals surface area contributed by atoms with Gasteiger partial charge in [0, 0.05) is 46.2 Å². The smallest absolute Gasteiger partial charge is 0.393 e. The van der Waals surface area contributed by atoms with E-state index in [1.165, 1.54) is 35.2 Å². The maximum Gasteiger partial charge on any atom is 0.432 e. The number of hydrazine groups is 1. The average molecular weight is 624 g/mol. The lowest BCUT2D eigenvalue weighted by atomic mass is 9.95. The lowest BCUT2D eigenvalue weighted by Gasteiger charge is -2.23. The van der Waals surface area contributed by atoms with E-state index < -0.39 is 23.5 Å². The van der Waals surface area contributed by atoms with Crippen molar-refractivity contribution >= 4 is 28.9 Å². The molecule has 2 unspecified atom stereocenters. The molecule has 0 fully saturated rings. The van der Waals surface area contributed by atoms with Crippen molar-refractivity contribution in [2.75, 3.05) is 10.3 Å². The zero-order chi connectivity index (χ0) is 31.6. The van der Waals surface area contributed by atoms with Crippen LogP contribution in [0.15, 0.2) is 89.9 Å². The maximum atomic E-state index is 13.6. The summed E-state index contributed by atoms with van der Waals surface area (Å²) in [6.07, 6.45) is 0.481. The van der Waals surface area contributed by atoms with Crippen LogP contribution in [-0.2, 0) is 4.79 Å². The fraction of sp³-hybridized carbons (Fsp3) is 0.226. The van der Waals surface area contributed by atoms with Crippen molar-refractivity contribution in [2.45, 2.75) is 38.4 Å². The highest BCUT2D eigenvalue weighted by molar-refractivity contribution is 6.31. The van der Waals surface area contributed by atoms with Gasteiger partial charge in [-0.1, -0.05) is 43.1 Å². The Labute approximate surface area is 256 Å². The lowest BCUT2D eigenvalue weighted by Crippen LogP contribution is -2.30. The largest absolute Gasteiger partial charge is 0.432 e. The number of rotatable bonds is 4. The Morgan fingerprint density at radius 1 is 1.07 bits per heavy atom. The molecule has 3 heterocycles. The van der Waals surface area contributed by atoms with E-state index in [1.54, 1.807) is 6.20 Å². The van der Waals surface area contributed by atoms with Crippen molar-refractivity contribution in [1.82, 2.24) is 14.5 Å². The number of para-hydroxylation sites is 1. The van der Waals surface area contributed by atoms with Gasteiger partial charge in [0.1, 0.15) is 5.70 Å². The first-order valence-electron chi connectivity index (χ1n) is 13.7. The van der Waals surface area contributed by atoms with E-state index in [0.29, 0.717) is 41.9 Å². The van der Waals surface area contributed by atoms with Gasteiger partial charge in [-0.25, -0.2) is 10.8 Å². The number of allylic oxidation sites excluding steroid dienone is 1. The number of fused-ring (bicyclic) bond motifs is 4. The second-order valence-electron chi connectivity index (χ2n) is 10.5. The molecule has 5 rings (SSSR count). The van der Waals surface area contributed by atoms with Gasteiger partial charge in [0.2, 0.25) is 5.91 Å². The number of nitrogens with two attached hydrogens (primary N) is 2. The summed E-state index contributed by atoms with van der Waals surface area (Å²) >= 11 is 6.20. The van der Waals surface area contributed by atoms with E-state index in [0.717, 1.165) is 11.1 Å². The zero-order valence-electron chi connectivity index (χ0n) is 23.6. The number of amides is 1. The minimum Gasteiger partial charge on any atom is -0.393 e. The molecular weight excluding hydrogens is 595 g/mol. The van der Waals surface area contributed by atoms with Crippen molar-refractivity contribution < 1.29 is 18.0 Å². The number of nitrogens with one attached hydrogen (secondary N) is 1. The number of aromatic nitrogens is 3. The molecule has 2 aromatic carbocycles. The van der Waals surface area contributed by atoms with E-state index in [-0.39, 0.29) is 33.8 Å². The van der Waals surface area contributed by atoms with Crippen molar-refractivity contribution in [2.24, 2.45) is 17.5 Å². The second kappa shape index (κ2) is 12.5. The van der Waals surface area contributed by atoms with Gasteiger partial charge in [-0.3, -0.25) is 24.1 Å². The predicted molar refractivity (Wildman–Crippen MR) is 163 cm³/mol. The molecule has 2 atom stereocenters. The van der Waals surface area contributed by atoms with E-state index >= 15 is 0 Å². The molecule has 0 spiro atoms. The van der Waals surface area contributed by atoms with Crippen LogP contribution in [0.3, 0.4) is 0 Å². The number of hydrogen-bond donors (Lipinski definition) is 3. The standard InChI is InChI=1S/C31H29ClF3N7O2/c1-18-5-4-8-27(25-13-19(11-12-38-25)21-6-2-3-7-23(21)40-30(18)44)41-17-39-24(15-29(41)43)22-14-20(32)9-10-26(22)42(37)16-28(36)31(33,34)35/h2-3,6-7,9-18,27H,4-5,8,36-37H2,1H3,(H,40,44)/b28-16-. The number of anilines is 2. The van der Waals surface area contributed by atoms with Crippen LogP contribution in [0.25, 0.3) is 22.4 Å². The van der Waals surface area contributed by atoms with Crippen LogP contribution in [0.4, 0.5) is 24.5 Å². The maximum absolute atomic E-state index is 13.6. The molecule has 4 aromatic rings. The molecule has 0 saturated heterocycles. The second-order valence-corrected chi connectivity index (χ2v) is 11.0. The van der Waals surface area contributed by atoms with Crippen LogP contribution in [0.1, 0.15) is 37.9 Å². The van der Waals surface area contributed by atoms with Crippen molar-refractivity contribution in [3.05, 3.63) is 106 Å². The Morgan fingerprint density at radius 2 is 1.84 bits per heavy atom. The highest BCUT2D eigenvalue weighted by Crippen LogP contribution is 2.34. The molecule has 0 saturated carbocycles. The number of halogens is 4. The van der Waals surface area contributed by atoms with E-state index in [2.05, 4.69) is 15.3 Å². The summed E-state index contributed by atoms with van der Waals surface area (Å²) in [5.74, 6) is 5.56. The highest BCUT2D eigenvalue weighted by Gasteiger charge is 2.32. The normalized spacial score (nSPS) is 17.6. The van der Waals surface area contributed by atoms with Gasteiger partial charge in [-0.15, -0.1) is 0 Å². The van der Waals surface area contributed by atoms with Gasteiger partial charge in [0.15, 0.2) is 0 Å². The first kappa shape index (κ1) is 30.8. The fourth-order valence-electron chi connectivity index (χ4n) is 5.10. The Kier molecular flexibility index (Phi) is 8.75. The van der Waals surface area contributed by atoms with Crippen molar-refractivity contribution in [3.8, 4) is 22.4 Å². The third-order valence-electron chi connectivity index (χ3n) is 7.47. The number of nitrogens with zero attached hydrogens (tertiary/aromatic N) is 4. The monoisotopic (exact) mass is 623 g/mol. The summed E-state index contributed by atoms with van der Waals surface area (Å²) < 4.78 is 40.6. The molecule has 1 aliphatic rings. The molecule has 0 aliphatic carbocycles. The summed E-state index contributed by atoms with van der Waals surface area (Å²) in [4.78, 5) is 35.7. The van der Waals surface area contributed by atoms with Crippen LogP contribution < -0.4 is 27.5 Å². The van der Waals surface area contributed by atoms with Gasteiger partial charge >= 0.3 is 6.18 Å². The number of pyridine rings is 1. The fourth-order valence-corrected chi connectivity index (χ4v) is 5.27. The van der Waals surface area contributed by atoms with Crippen LogP contribution >= 0.6 is 11.6 Å². The SMILES string of the molecule is CC1CCCC(n2cnc(-c3cc(Cl)ccc3N(N)/C=C(\N)C(F)(F)F)cc2=O)c2cc(ccn2)-c2ccccc2NC1=O. The van der Waals surface area contributed by atoms with Crippen LogP contribution in [0.5, 0.6) is 0 Å². The Hall–Kier alpha value is -4.68. The van der Waals surface area contributed by atoms with Gasteiger partial charge in [-0.2, -0.15) is 13.2 Å². The molecular formula is C31H29ClF3N7O2. The molecule has 1 amide bonds. The van der Waals surface area contributed by atoms with Gasteiger partial charge in [-0.05, 0) is 54.8 Å². The summed E-state index contributed by atoms with van der Waals surface area (Å²) in [5, 5.41) is 4.00. The number of hydrogen-bond acceptors (Lipinski definition) is 7. The molecule has 5 N–H and O–H groups in total. The summed E-state index contributed by atoms with van der Waals surface area (Å²) in [6.45, 7) is 1.86. The number of alkyl halides is 3. The predicted octanol–water partition coefficient (Wildman–Crippen LogP) is 6.02. The van der Waals surface area contributed by atoms with E-state index in [1.807, 2.05) is 43.3 Å². The number of carbonyl (C=O) groups is 1. The van der Waals surface area contributed by atoms with Gasteiger partial charge in [0.25, 0.3) is 5.56 Å².